The standard InChI is InChI=1S/C25H32N2O6S/c1-5-33-25(29)20-12-14-26(15-13-20)24(28)17-27(21-9-6-18(2)7-10-21)34(30,31)23-16-19(3)8-11-22(23)32-4/h6-11,16,20H,5,12-15,17H2,1-4H3. The summed E-state index contributed by atoms with van der Waals surface area (Å²) in [6.07, 6.45) is 0.987. The fraction of sp³-hybridized carbons (Fsp3) is 0.440. The highest BCUT2D eigenvalue weighted by atomic mass is 32.2. The minimum Gasteiger partial charge on any atom is -0.495 e. The number of carbonyl (C=O) groups excluding carboxylic acids is 2. The molecule has 0 saturated carbocycles. The molecule has 9 heteroatoms. The lowest BCUT2D eigenvalue weighted by Gasteiger charge is -2.33. The van der Waals surface area contributed by atoms with Gasteiger partial charge in [0.25, 0.3) is 10.0 Å². The van der Waals surface area contributed by atoms with Crippen LogP contribution in [0.4, 0.5) is 5.69 Å². The van der Waals surface area contributed by atoms with Gasteiger partial charge in [0.15, 0.2) is 0 Å². The van der Waals surface area contributed by atoms with Gasteiger partial charge in [-0.05, 0) is 63.4 Å². The van der Waals surface area contributed by atoms with Gasteiger partial charge in [-0.25, -0.2) is 8.42 Å². The normalized spacial score (nSPS) is 14.5. The van der Waals surface area contributed by atoms with E-state index in [9.17, 15) is 18.0 Å². The van der Waals surface area contributed by atoms with Crippen molar-refractivity contribution in [2.45, 2.75) is 38.5 Å². The van der Waals surface area contributed by atoms with Crippen LogP contribution in [0.5, 0.6) is 5.75 Å². The van der Waals surface area contributed by atoms with Gasteiger partial charge in [-0.3, -0.25) is 13.9 Å². The van der Waals surface area contributed by atoms with E-state index in [0.717, 1.165) is 15.4 Å². The Labute approximate surface area is 201 Å². The molecule has 2 aromatic carbocycles. The predicted octanol–water partition coefficient (Wildman–Crippen LogP) is 3.31. The van der Waals surface area contributed by atoms with Gasteiger partial charge < -0.3 is 14.4 Å². The van der Waals surface area contributed by atoms with Crippen molar-refractivity contribution in [2.24, 2.45) is 5.92 Å². The number of hydrogen-bond acceptors (Lipinski definition) is 6. The van der Waals surface area contributed by atoms with Crippen LogP contribution in [-0.2, 0) is 24.3 Å². The monoisotopic (exact) mass is 488 g/mol. The Morgan fingerprint density at radius 2 is 1.65 bits per heavy atom. The van der Waals surface area contributed by atoms with Gasteiger partial charge in [-0.15, -0.1) is 0 Å². The highest BCUT2D eigenvalue weighted by Gasteiger charge is 2.33. The van der Waals surface area contributed by atoms with Gasteiger partial charge in [-0.1, -0.05) is 23.8 Å². The van der Waals surface area contributed by atoms with Crippen LogP contribution in [0, 0.1) is 19.8 Å². The van der Waals surface area contributed by atoms with Crippen LogP contribution < -0.4 is 9.04 Å². The number of benzene rings is 2. The average Bonchev–Trinajstić information content (AvgIpc) is 2.83. The summed E-state index contributed by atoms with van der Waals surface area (Å²) in [5.41, 5.74) is 2.13. The smallest absolute Gasteiger partial charge is 0.309 e. The number of carbonyl (C=O) groups is 2. The Hall–Kier alpha value is -3.07. The first-order valence-electron chi connectivity index (χ1n) is 11.4. The summed E-state index contributed by atoms with van der Waals surface area (Å²) in [4.78, 5) is 26.9. The molecular formula is C25H32N2O6S. The number of likely N-dealkylation sites (tertiary alicyclic amines) is 1. The van der Waals surface area contributed by atoms with Gasteiger partial charge in [0, 0.05) is 13.1 Å². The second kappa shape index (κ2) is 10.9. The molecule has 0 atom stereocenters. The maximum Gasteiger partial charge on any atom is 0.309 e. The summed E-state index contributed by atoms with van der Waals surface area (Å²) in [5.74, 6) is -0.592. The van der Waals surface area contributed by atoms with E-state index in [1.54, 1.807) is 61.2 Å². The first-order chi connectivity index (χ1) is 16.2. The van der Waals surface area contributed by atoms with E-state index in [1.807, 2.05) is 6.92 Å². The number of piperidine rings is 1. The Bertz CT molecular complexity index is 1120. The molecule has 1 fully saturated rings. The van der Waals surface area contributed by atoms with Gasteiger partial charge in [-0.2, -0.15) is 0 Å². The fourth-order valence-electron chi connectivity index (χ4n) is 3.98. The molecule has 1 heterocycles. The average molecular weight is 489 g/mol. The molecular weight excluding hydrogens is 456 g/mol. The minimum absolute atomic E-state index is 0.00407. The number of esters is 1. The quantitative estimate of drug-likeness (QED) is 0.530. The van der Waals surface area contributed by atoms with Crippen molar-refractivity contribution in [3.05, 3.63) is 53.6 Å². The third-order valence-electron chi connectivity index (χ3n) is 5.96. The Morgan fingerprint density at radius 3 is 2.24 bits per heavy atom. The van der Waals surface area contributed by atoms with Crippen LogP contribution in [0.2, 0.25) is 0 Å². The molecule has 1 aliphatic heterocycles. The predicted molar refractivity (Wildman–Crippen MR) is 129 cm³/mol. The van der Waals surface area contributed by atoms with Gasteiger partial charge in [0.2, 0.25) is 5.91 Å². The van der Waals surface area contributed by atoms with Crippen molar-refractivity contribution < 1.29 is 27.5 Å². The molecule has 8 nitrogen and oxygen atoms in total. The number of aryl methyl sites for hydroxylation is 2. The van der Waals surface area contributed by atoms with Crippen molar-refractivity contribution >= 4 is 27.6 Å². The van der Waals surface area contributed by atoms with Crippen LogP contribution in [0.25, 0.3) is 0 Å². The zero-order valence-corrected chi connectivity index (χ0v) is 20.9. The minimum atomic E-state index is -4.11. The van der Waals surface area contributed by atoms with Gasteiger partial charge in [0.1, 0.15) is 17.2 Å². The molecule has 184 valence electrons. The molecule has 0 bridgehead atoms. The Kier molecular flexibility index (Phi) is 8.19. The molecule has 1 amide bonds. The Morgan fingerprint density at radius 1 is 1.03 bits per heavy atom. The second-order valence-electron chi connectivity index (χ2n) is 8.41. The van der Waals surface area contributed by atoms with Gasteiger partial charge >= 0.3 is 5.97 Å². The summed E-state index contributed by atoms with van der Waals surface area (Å²) in [7, 11) is -2.70. The summed E-state index contributed by atoms with van der Waals surface area (Å²) in [5, 5.41) is 0. The van der Waals surface area contributed by atoms with E-state index >= 15 is 0 Å². The number of ether oxygens (including phenoxy) is 2. The molecule has 1 saturated heterocycles. The molecule has 0 aliphatic carbocycles. The molecule has 1 aliphatic rings. The van der Waals surface area contributed by atoms with Crippen molar-refractivity contribution in [1.82, 2.24) is 4.90 Å². The molecule has 0 aromatic heterocycles. The number of sulfonamides is 1. The van der Waals surface area contributed by atoms with E-state index in [1.165, 1.54) is 7.11 Å². The van der Waals surface area contributed by atoms with Crippen molar-refractivity contribution in [3.63, 3.8) is 0 Å². The molecule has 0 N–H and O–H groups in total. The number of nitrogens with zero attached hydrogens (tertiary/aromatic N) is 2. The molecule has 34 heavy (non-hydrogen) atoms. The van der Waals surface area contributed by atoms with Crippen LogP contribution >= 0.6 is 0 Å². The summed E-state index contributed by atoms with van der Waals surface area (Å²) in [6, 6.07) is 11.9. The molecule has 0 radical (unpaired) electrons. The largest absolute Gasteiger partial charge is 0.495 e. The SMILES string of the molecule is CCOC(=O)C1CCN(C(=O)CN(c2ccc(C)cc2)S(=O)(=O)c2cc(C)ccc2OC)CC1. The maximum atomic E-state index is 13.8. The van der Waals surface area contributed by atoms with E-state index in [0.29, 0.717) is 38.2 Å². The number of anilines is 1. The maximum absolute atomic E-state index is 13.8. The van der Waals surface area contributed by atoms with Crippen LogP contribution in [0.15, 0.2) is 47.4 Å². The summed E-state index contributed by atoms with van der Waals surface area (Å²) < 4.78 is 39.1. The number of amides is 1. The first kappa shape index (κ1) is 25.6. The lowest BCUT2D eigenvalue weighted by molar-refractivity contribution is -0.151. The van der Waals surface area contributed by atoms with Crippen molar-refractivity contribution in [3.8, 4) is 5.75 Å². The molecule has 2 aromatic rings. The zero-order chi connectivity index (χ0) is 24.9. The van der Waals surface area contributed by atoms with Crippen LogP contribution in [0.1, 0.15) is 30.9 Å². The van der Waals surface area contributed by atoms with Crippen molar-refractivity contribution in [2.75, 3.05) is 37.7 Å². The highest BCUT2D eigenvalue weighted by Crippen LogP contribution is 2.31. The van der Waals surface area contributed by atoms with Crippen molar-refractivity contribution in [1.29, 1.82) is 0 Å². The van der Waals surface area contributed by atoms with E-state index in [-0.39, 0.29) is 35.0 Å². The lowest BCUT2D eigenvalue weighted by Crippen LogP contribution is -2.46. The van der Waals surface area contributed by atoms with E-state index in [4.69, 9.17) is 9.47 Å². The van der Waals surface area contributed by atoms with E-state index in [2.05, 4.69) is 0 Å². The summed E-state index contributed by atoms with van der Waals surface area (Å²) >= 11 is 0. The fourth-order valence-corrected chi connectivity index (χ4v) is 5.64. The van der Waals surface area contributed by atoms with Crippen LogP contribution in [-0.4, -0.2) is 58.5 Å². The Balaban J connectivity index is 1.88. The molecule has 0 spiro atoms. The lowest BCUT2D eigenvalue weighted by atomic mass is 9.97. The van der Waals surface area contributed by atoms with Gasteiger partial charge in [0.05, 0.1) is 25.3 Å². The number of hydrogen-bond donors (Lipinski definition) is 0. The number of rotatable bonds is 8. The summed E-state index contributed by atoms with van der Waals surface area (Å²) in [6.45, 7) is 6.19. The molecule has 0 unspecified atom stereocenters. The van der Waals surface area contributed by atoms with Crippen LogP contribution in [0.3, 0.4) is 0 Å². The highest BCUT2D eigenvalue weighted by molar-refractivity contribution is 7.93. The third kappa shape index (κ3) is 5.70. The third-order valence-corrected chi connectivity index (χ3v) is 7.75. The number of methoxy groups -OCH3 is 1. The first-order valence-corrected chi connectivity index (χ1v) is 12.8. The second-order valence-corrected chi connectivity index (χ2v) is 10.2. The topological polar surface area (TPSA) is 93.2 Å². The zero-order valence-electron chi connectivity index (χ0n) is 20.1. The molecule has 3 rings (SSSR count). The van der Waals surface area contributed by atoms with E-state index < -0.39 is 10.0 Å².